The Morgan fingerprint density at radius 1 is 1.29 bits per heavy atom. The second kappa shape index (κ2) is 6.64. The van der Waals surface area contributed by atoms with Gasteiger partial charge >= 0.3 is 12.1 Å². The zero-order chi connectivity index (χ0) is 16.3. The van der Waals surface area contributed by atoms with Crippen molar-refractivity contribution in [3.05, 3.63) is 0 Å². The Morgan fingerprint density at radius 3 is 2.43 bits per heavy atom. The summed E-state index contributed by atoms with van der Waals surface area (Å²) in [6, 6.07) is -0.641. The van der Waals surface area contributed by atoms with Crippen molar-refractivity contribution in [2.24, 2.45) is 5.92 Å². The van der Waals surface area contributed by atoms with Crippen LogP contribution in [-0.2, 0) is 24.1 Å². The second-order valence-corrected chi connectivity index (χ2v) is 8.42. The summed E-state index contributed by atoms with van der Waals surface area (Å²) in [4.78, 5) is 23.2. The van der Waals surface area contributed by atoms with Gasteiger partial charge in [0.15, 0.2) is 9.84 Å². The summed E-state index contributed by atoms with van der Waals surface area (Å²) in [6.45, 7) is 5.16. The maximum absolute atomic E-state index is 11.8. The molecule has 2 atom stereocenters. The van der Waals surface area contributed by atoms with Crippen LogP contribution in [0.4, 0.5) is 4.79 Å². The summed E-state index contributed by atoms with van der Waals surface area (Å²) >= 11 is 0. The van der Waals surface area contributed by atoms with E-state index in [1.54, 1.807) is 20.8 Å². The fraction of sp³-hybridized carbons (Fsp3) is 0.846. The minimum Gasteiger partial charge on any atom is -0.469 e. The molecule has 0 saturated carbocycles. The molecule has 0 aromatic heterocycles. The van der Waals surface area contributed by atoms with Crippen molar-refractivity contribution in [2.75, 3.05) is 18.6 Å². The number of nitrogens with one attached hydrogen (secondary N) is 1. The van der Waals surface area contributed by atoms with E-state index in [-0.39, 0.29) is 23.8 Å². The topological polar surface area (TPSA) is 98.8 Å². The van der Waals surface area contributed by atoms with Crippen LogP contribution in [0.2, 0.25) is 0 Å². The molecule has 1 rings (SSSR count). The zero-order valence-corrected chi connectivity index (χ0v) is 13.7. The van der Waals surface area contributed by atoms with E-state index in [0.29, 0.717) is 6.42 Å². The lowest BCUT2D eigenvalue weighted by Crippen LogP contribution is -2.50. The predicted molar refractivity (Wildman–Crippen MR) is 76.6 cm³/mol. The van der Waals surface area contributed by atoms with Gasteiger partial charge in [0.25, 0.3) is 0 Å². The Bertz CT molecular complexity index is 493. The number of rotatable bonds is 3. The number of hydrogen-bond donors (Lipinski definition) is 1. The summed E-state index contributed by atoms with van der Waals surface area (Å²) in [5.41, 5.74) is -0.671. The molecule has 0 aliphatic carbocycles. The number of carbonyl (C=O) groups is 2. The molecule has 0 aromatic rings. The molecule has 122 valence electrons. The first-order valence-corrected chi connectivity index (χ1v) is 8.61. The van der Waals surface area contributed by atoms with Crippen LogP contribution in [0.3, 0.4) is 0 Å². The monoisotopic (exact) mass is 321 g/mol. The molecule has 1 N–H and O–H groups in total. The van der Waals surface area contributed by atoms with Gasteiger partial charge in [-0.2, -0.15) is 0 Å². The molecular formula is C13H23NO6S. The van der Waals surface area contributed by atoms with Crippen molar-refractivity contribution in [2.45, 2.75) is 45.3 Å². The van der Waals surface area contributed by atoms with Crippen LogP contribution in [0.15, 0.2) is 0 Å². The Kier molecular flexibility index (Phi) is 5.61. The van der Waals surface area contributed by atoms with Gasteiger partial charge in [0.1, 0.15) is 5.60 Å². The first-order valence-electron chi connectivity index (χ1n) is 6.79. The molecule has 1 aliphatic heterocycles. The van der Waals surface area contributed by atoms with Gasteiger partial charge in [0, 0.05) is 6.04 Å². The molecular weight excluding hydrogens is 298 g/mol. The molecule has 21 heavy (non-hydrogen) atoms. The first kappa shape index (κ1) is 17.7. The normalized spacial score (nSPS) is 25.0. The van der Waals surface area contributed by atoms with Crippen molar-refractivity contribution < 1.29 is 27.5 Å². The van der Waals surface area contributed by atoms with E-state index in [0.717, 1.165) is 0 Å². The number of carbonyl (C=O) groups excluding carboxylic acids is 2. The van der Waals surface area contributed by atoms with E-state index in [1.165, 1.54) is 7.11 Å². The number of amides is 1. The first-order chi connectivity index (χ1) is 9.52. The van der Waals surface area contributed by atoms with Gasteiger partial charge in [-0.05, 0) is 33.1 Å². The maximum Gasteiger partial charge on any atom is 0.407 e. The van der Waals surface area contributed by atoms with Crippen molar-refractivity contribution >= 4 is 21.9 Å². The van der Waals surface area contributed by atoms with Crippen LogP contribution in [0.25, 0.3) is 0 Å². The molecule has 0 radical (unpaired) electrons. The molecule has 1 saturated heterocycles. The molecule has 1 aliphatic rings. The van der Waals surface area contributed by atoms with Gasteiger partial charge in [-0.15, -0.1) is 0 Å². The summed E-state index contributed by atoms with van der Waals surface area (Å²) in [5, 5.41) is 2.56. The third kappa shape index (κ3) is 6.33. The van der Waals surface area contributed by atoms with Crippen molar-refractivity contribution in [3.63, 3.8) is 0 Å². The van der Waals surface area contributed by atoms with Crippen LogP contribution in [0.5, 0.6) is 0 Å². The highest BCUT2D eigenvalue weighted by molar-refractivity contribution is 7.91. The van der Waals surface area contributed by atoms with Crippen molar-refractivity contribution in [1.29, 1.82) is 0 Å². The Balaban J connectivity index is 2.75. The number of sulfone groups is 1. The average molecular weight is 321 g/mol. The highest BCUT2D eigenvalue weighted by Gasteiger charge is 2.36. The fourth-order valence-corrected chi connectivity index (χ4v) is 3.92. The van der Waals surface area contributed by atoms with Crippen LogP contribution in [0, 0.1) is 5.92 Å². The van der Waals surface area contributed by atoms with Crippen LogP contribution < -0.4 is 5.32 Å². The van der Waals surface area contributed by atoms with E-state index in [2.05, 4.69) is 10.1 Å². The lowest BCUT2D eigenvalue weighted by molar-refractivity contribution is -0.142. The molecule has 1 amide bonds. The minimum atomic E-state index is -3.22. The molecule has 0 aromatic carbocycles. The van der Waals surface area contributed by atoms with Crippen LogP contribution in [0.1, 0.15) is 33.6 Å². The number of esters is 1. The van der Waals surface area contributed by atoms with Gasteiger partial charge < -0.3 is 14.8 Å². The van der Waals surface area contributed by atoms with Crippen LogP contribution in [-0.4, -0.2) is 50.7 Å². The third-order valence-corrected chi connectivity index (χ3v) is 4.89. The lowest BCUT2D eigenvalue weighted by Gasteiger charge is -2.32. The van der Waals surface area contributed by atoms with E-state index in [9.17, 15) is 18.0 Å². The number of alkyl carbamates (subject to hydrolysis) is 1. The number of methoxy groups -OCH3 is 1. The van der Waals surface area contributed by atoms with E-state index in [1.807, 2.05) is 0 Å². The molecule has 1 heterocycles. The quantitative estimate of drug-likeness (QED) is 0.775. The van der Waals surface area contributed by atoms with Gasteiger partial charge in [-0.3, -0.25) is 4.79 Å². The molecule has 0 bridgehead atoms. The summed E-state index contributed by atoms with van der Waals surface area (Å²) in [7, 11) is -1.94. The Labute approximate surface area is 125 Å². The standard InChI is InChI=1S/C13H23NO6S/c1-13(2,3)20-12(16)14-10-8-21(17,18)6-5-9(10)7-11(15)19-4/h9-10H,5-8H2,1-4H3,(H,14,16). The maximum atomic E-state index is 11.8. The average Bonchev–Trinajstić information content (AvgIpc) is 2.29. The third-order valence-electron chi connectivity index (χ3n) is 3.16. The summed E-state index contributed by atoms with van der Waals surface area (Å²) < 4.78 is 33.2. The molecule has 8 heteroatoms. The SMILES string of the molecule is COC(=O)CC1CCS(=O)(=O)CC1NC(=O)OC(C)(C)C. The van der Waals surface area contributed by atoms with Crippen LogP contribution >= 0.6 is 0 Å². The molecule has 2 unspecified atom stereocenters. The van der Waals surface area contributed by atoms with E-state index in [4.69, 9.17) is 4.74 Å². The Morgan fingerprint density at radius 2 is 1.90 bits per heavy atom. The van der Waals surface area contributed by atoms with Gasteiger partial charge in [0.2, 0.25) is 0 Å². The molecule has 7 nitrogen and oxygen atoms in total. The second-order valence-electron chi connectivity index (χ2n) is 6.20. The summed E-state index contributed by atoms with van der Waals surface area (Å²) in [5.74, 6) is -0.863. The highest BCUT2D eigenvalue weighted by Crippen LogP contribution is 2.23. The summed E-state index contributed by atoms with van der Waals surface area (Å²) in [6.07, 6.45) is -0.288. The Hall–Kier alpha value is -1.31. The smallest absolute Gasteiger partial charge is 0.407 e. The van der Waals surface area contributed by atoms with Gasteiger partial charge in [0.05, 0.1) is 25.0 Å². The van der Waals surface area contributed by atoms with Crippen molar-refractivity contribution in [1.82, 2.24) is 5.32 Å². The molecule has 1 fully saturated rings. The van der Waals surface area contributed by atoms with E-state index < -0.39 is 33.5 Å². The molecule has 0 spiro atoms. The minimum absolute atomic E-state index is 0.0150. The fourth-order valence-electron chi connectivity index (χ4n) is 2.19. The van der Waals surface area contributed by atoms with Gasteiger partial charge in [-0.1, -0.05) is 0 Å². The van der Waals surface area contributed by atoms with Crippen molar-refractivity contribution in [3.8, 4) is 0 Å². The van der Waals surface area contributed by atoms with E-state index >= 15 is 0 Å². The highest BCUT2D eigenvalue weighted by atomic mass is 32.2. The van der Waals surface area contributed by atoms with Gasteiger partial charge in [-0.25, -0.2) is 13.2 Å². The zero-order valence-electron chi connectivity index (χ0n) is 12.8. The number of hydrogen-bond acceptors (Lipinski definition) is 6. The largest absolute Gasteiger partial charge is 0.469 e. The predicted octanol–water partition coefficient (Wildman–Crippen LogP) is 0.877. The number of ether oxygens (including phenoxy) is 2. The lowest BCUT2D eigenvalue weighted by atomic mass is 9.94.